The van der Waals surface area contributed by atoms with Gasteiger partial charge in [0.15, 0.2) is 0 Å². The van der Waals surface area contributed by atoms with Crippen LogP contribution in [0.4, 0.5) is 13.2 Å². The molecule has 0 amide bonds. The third-order valence-corrected chi connectivity index (χ3v) is 5.94. The van der Waals surface area contributed by atoms with E-state index in [2.05, 4.69) is 0 Å². The zero-order valence-electron chi connectivity index (χ0n) is 15.2. The molecule has 26 heavy (non-hydrogen) atoms. The van der Waals surface area contributed by atoms with Crippen LogP contribution in [0.1, 0.15) is 45.6 Å². The standard InChI is InChI=1S/C18H24ClF3N2OS/c1-11(2)9-24-10-14(13-6-5-12(19)7-16(13)24)15(18(20,21)22)8-17(3,4)26(23)25/h5-7,10-11,15H,8-9,23H2,1-4H3/t15-,26?/m0/s1. The first-order valence-electron chi connectivity index (χ1n) is 8.34. The molecule has 0 radical (unpaired) electrons. The smallest absolute Gasteiger partial charge is 0.347 e. The summed E-state index contributed by atoms with van der Waals surface area (Å²) in [6.45, 7) is 7.56. The average Bonchev–Trinajstić information content (AvgIpc) is 2.80. The first kappa shape index (κ1) is 21.3. The van der Waals surface area contributed by atoms with Crippen LogP contribution in [0, 0.1) is 5.92 Å². The lowest BCUT2D eigenvalue weighted by Crippen LogP contribution is -2.37. The molecule has 0 bridgehead atoms. The second-order valence-corrected chi connectivity index (χ2v) is 9.78. The molecule has 1 aromatic carbocycles. The minimum atomic E-state index is -4.48. The molecule has 2 rings (SSSR count). The lowest BCUT2D eigenvalue weighted by Gasteiger charge is -2.28. The van der Waals surface area contributed by atoms with E-state index in [9.17, 15) is 17.4 Å². The maximum absolute atomic E-state index is 13.9. The first-order valence-corrected chi connectivity index (χ1v) is 9.93. The SMILES string of the molecule is CC(C)Cn1cc([C@H](CC(C)(C)S(N)=O)C(F)(F)F)c2ccc(Cl)cc21. The van der Waals surface area contributed by atoms with Gasteiger partial charge in [-0.25, -0.2) is 4.21 Å². The average molecular weight is 409 g/mol. The molecule has 0 aliphatic rings. The summed E-state index contributed by atoms with van der Waals surface area (Å²) < 4.78 is 54.1. The molecule has 0 fully saturated rings. The second kappa shape index (κ2) is 7.52. The van der Waals surface area contributed by atoms with Gasteiger partial charge in [-0.2, -0.15) is 13.2 Å². The molecule has 8 heteroatoms. The molecule has 0 aliphatic carbocycles. The Morgan fingerprint density at radius 1 is 1.27 bits per heavy atom. The number of hydrogen-bond donors (Lipinski definition) is 1. The number of hydrogen-bond acceptors (Lipinski definition) is 1. The van der Waals surface area contributed by atoms with Crippen molar-refractivity contribution in [2.75, 3.05) is 0 Å². The van der Waals surface area contributed by atoms with Crippen LogP contribution in [0.3, 0.4) is 0 Å². The van der Waals surface area contributed by atoms with Gasteiger partial charge in [-0.15, -0.1) is 0 Å². The number of nitrogens with zero attached hydrogens (tertiary/aromatic N) is 1. The summed E-state index contributed by atoms with van der Waals surface area (Å²) in [5.41, 5.74) is 0.838. The molecular weight excluding hydrogens is 385 g/mol. The van der Waals surface area contributed by atoms with E-state index in [0.717, 1.165) is 0 Å². The molecule has 1 unspecified atom stereocenters. The summed E-state index contributed by atoms with van der Waals surface area (Å²) >= 11 is 6.06. The topological polar surface area (TPSA) is 48.0 Å². The van der Waals surface area contributed by atoms with Crippen LogP contribution >= 0.6 is 11.6 Å². The second-order valence-electron chi connectivity index (χ2n) is 7.65. The Kier molecular flexibility index (Phi) is 6.15. The molecule has 1 aromatic heterocycles. The van der Waals surface area contributed by atoms with Crippen molar-refractivity contribution in [2.24, 2.45) is 11.1 Å². The van der Waals surface area contributed by atoms with Crippen molar-refractivity contribution in [1.29, 1.82) is 0 Å². The molecule has 2 N–H and O–H groups in total. The quantitative estimate of drug-likeness (QED) is 0.684. The highest BCUT2D eigenvalue weighted by Gasteiger charge is 2.46. The Balaban J connectivity index is 2.65. The Bertz CT molecular complexity index is 815. The molecule has 2 aromatic rings. The molecular formula is C18H24ClF3N2OS. The molecule has 0 spiro atoms. The maximum atomic E-state index is 13.9. The van der Waals surface area contributed by atoms with E-state index in [4.69, 9.17) is 16.7 Å². The molecule has 146 valence electrons. The van der Waals surface area contributed by atoms with Crippen molar-refractivity contribution < 1.29 is 17.4 Å². The Morgan fingerprint density at radius 3 is 2.38 bits per heavy atom. The van der Waals surface area contributed by atoms with Crippen molar-refractivity contribution in [1.82, 2.24) is 4.57 Å². The van der Waals surface area contributed by atoms with Gasteiger partial charge >= 0.3 is 6.18 Å². The number of nitrogens with two attached hydrogens (primary N) is 1. The summed E-state index contributed by atoms with van der Waals surface area (Å²) in [6.07, 6.45) is -3.29. The van der Waals surface area contributed by atoms with E-state index in [-0.39, 0.29) is 17.9 Å². The summed E-state index contributed by atoms with van der Waals surface area (Å²) in [6, 6.07) is 4.89. The van der Waals surface area contributed by atoms with Gasteiger partial charge in [-0.3, -0.25) is 5.14 Å². The molecule has 1 heterocycles. The molecule has 0 saturated heterocycles. The van der Waals surface area contributed by atoms with E-state index in [1.54, 1.807) is 24.4 Å². The van der Waals surface area contributed by atoms with Gasteiger partial charge in [0.05, 0.1) is 21.7 Å². The lowest BCUT2D eigenvalue weighted by atomic mass is 9.89. The molecule has 3 nitrogen and oxygen atoms in total. The van der Waals surface area contributed by atoms with Crippen molar-refractivity contribution in [3.8, 4) is 0 Å². The fourth-order valence-corrected chi connectivity index (χ4v) is 3.59. The number of alkyl halides is 3. The van der Waals surface area contributed by atoms with Crippen LogP contribution in [0.2, 0.25) is 5.02 Å². The fraction of sp³-hybridized carbons (Fsp3) is 0.556. The predicted molar refractivity (Wildman–Crippen MR) is 102 cm³/mol. The highest BCUT2D eigenvalue weighted by atomic mass is 35.5. The van der Waals surface area contributed by atoms with Crippen LogP contribution < -0.4 is 5.14 Å². The third-order valence-electron chi connectivity index (χ3n) is 4.45. The molecule has 0 saturated carbocycles. The number of rotatable bonds is 6. The number of halogens is 4. The Labute approximate surface area is 159 Å². The largest absolute Gasteiger partial charge is 0.395 e. The number of aromatic nitrogens is 1. The zero-order valence-corrected chi connectivity index (χ0v) is 16.8. The molecule has 2 atom stereocenters. The van der Waals surface area contributed by atoms with E-state index in [1.807, 2.05) is 18.4 Å². The lowest BCUT2D eigenvalue weighted by molar-refractivity contribution is -0.152. The normalized spacial score (nSPS) is 15.6. The van der Waals surface area contributed by atoms with Crippen LogP contribution in [-0.2, 0) is 17.5 Å². The minimum absolute atomic E-state index is 0.170. The van der Waals surface area contributed by atoms with Crippen molar-refractivity contribution in [3.63, 3.8) is 0 Å². The van der Waals surface area contributed by atoms with Gasteiger partial charge in [0.2, 0.25) is 0 Å². The predicted octanol–water partition coefficient (Wildman–Crippen LogP) is 5.39. The number of fused-ring (bicyclic) bond motifs is 1. The van der Waals surface area contributed by atoms with Gasteiger partial charge in [0.25, 0.3) is 0 Å². The van der Waals surface area contributed by atoms with Crippen LogP contribution in [-0.4, -0.2) is 19.7 Å². The van der Waals surface area contributed by atoms with Crippen molar-refractivity contribution in [3.05, 3.63) is 35.0 Å². The summed E-state index contributed by atoms with van der Waals surface area (Å²) in [4.78, 5) is 0. The Morgan fingerprint density at radius 2 is 1.88 bits per heavy atom. The monoisotopic (exact) mass is 408 g/mol. The van der Waals surface area contributed by atoms with E-state index >= 15 is 0 Å². The fourth-order valence-electron chi connectivity index (χ4n) is 3.09. The third kappa shape index (κ3) is 4.61. The van der Waals surface area contributed by atoms with Crippen molar-refractivity contribution >= 4 is 33.5 Å². The van der Waals surface area contributed by atoms with Gasteiger partial charge in [0, 0.05) is 28.7 Å². The molecule has 0 aliphatic heterocycles. The maximum Gasteiger partial charge on any atom is 0.395 e. The van der Waals surface area contributed by atoms with E-state index in [1.165, 1.54) is 13.8 Å². The number of benzene rings is 1. The summed E-state index contributed by atoms with van der Waals surface area (Å²) in [5, 5.41) is 6.41. The minimum Gasteiger partial charge on any atom is -0.347 e. The highest BCUT2D eigenvalue weighted by molar-refractivity contribution is 7.84. The van der Waals surface area contributed by atoms with Gasteiger partial charge in [-0.1, -0.05) is 31.5 Å². The van der Waals surface area contributed by atoms with Gasteiger partial charge < -0.3 is 4.57 Å². The van der Waals surface area contributed by atoms with Crippen LogP contribution in [0.25, 0.3) is 10.9 Å². The Hall–Kier alpha value is -1.05. The highest BCUT2D eigenvalue weighted by Crippen LogP contribution is 2.44. The van der Waals surface area contributed by atoms with Gasteiger partial charge in [0.1, 0.15) is 0 Å². The van der Waals surface area contributed by atoms with Gasteiger partial charge in [-0.05, 0) is 43.9 Å². The van der Waals surface area contributed by atoms with E-state index in [0.29, 0.717) is 22.5 Å². The first-order chi connectivity index (χ1) is 11.8. The van der Waals surface area contributed by atoms with E-state index < -0.39 is 27.8 Å². The zero-order chi connectivity index (χ0) is 19.9. The summed E-state index contributed by atoms with van der Waals surface area (Å²) in [7, 11) is -1.87. The summed E-state index contributed by atoms with van der Waals surface area (Å²) in [5.74, 6) is -1.50. The van der Waals surface area contributed by atoms with Crippen LogP contribution in [0.15, 0.2) is 24.4 Å². The van der Waals surface area contributed by atoms with Crippen molar-refractivity contribution in [2.45, 2.75) is 57.5 Å². The van der Waals surface area contributed by atoms with Crippen LogP contribution in [0.5, 0.6) is 0 Å².